The maximum Gasteiger partial charge on any atom is 0.274 e. The predicted octanol–water partition coefficient (Wildman–Crippen LogP) is 0.999. The number of aromatic nitrogens is 2. The number of nitrogen functional groups attached to an aromatic ring is 1. The van der Waals surface area contributed by atoms with Crippen molar-refractivity contribution in [2.24, 2.45) is 0 Å². The fourth-order valence-electron chi connectivity index (χ4n) is 1.54. The van der Waals surface area contributed by atoms with E-state index in [1.165, 1.54) is 0 Å². The molecule has 14 heavy (non-hydrogen) atoms. The molecule has 72 valence electrons. The fourth-order valence-corrected chi connectivity index (χ4v) is 1.54. The highest BCUT2D eigenvalue weighted by Crippen LogP contribution is 2.10. The number of rotatable bonds is 1. The van der Waals surface area contributed by atoms with Gasteiger partial charge in [-0.25, -0.2) is 0 Å². The van der Waals surface area contributed by atoms with Crippen molar-refractivity contribution in [1.82, 2.24) is 9.55 Å². The second kappa shape index (κ2) is 3.14. The average molecular weight is 189 g/mol. The largest absolute Gasteiger partial charge is 0.394 e. The first-order chi connectivity index (χ1) is 6.74. The Morgan fingerprint density at radius 1 is 1.57 bits per heavy atom. The van der Waals surface area contributed by atoms with Crippen molar-refractivity contribution in [3.05, 3.63) is 34.7 Å². The second-order valence-corrected chi connectivity index (χ2v) is 3.06. The van der Waals surface area contributed by atoms with Crippen LogP contribution < -0.4 is 11.3 Å². The molecule has 0 aliphatic rings. The molecule has 0 fully saturated rings. The molecule has 0 aliphatic carbocycles. The van der Waals surface area contributed by atoms with Crippen LogP contribution in [0, 0.1) is 0 Å². The van der Waals surface area contributed by atoms with E-state index in [4.69, 9.17) is 5.73 Å². The van der Waals surface area contributed by atoms with Gasteiger partial charge < -0.3 is 10.3 Å². The predicted molar refractivity (Wildman–Crippen MR) is 56.1 cm³/mol. The summed E-state index contributed by atoms with van der Waals surface area (Å²) >= 11 is 0. The van der Waals surface area contributed by atoms with Gasteiger partial charge in [0.05, 0.1) is 11.0 Å². The molecule has 0 aliphatic heterocycles. The van der Waals surface area contributed by atoms with Gasteiger partial charge >= 0.3 is 0 Å². The molecule has 0 saturated carbocycles. The molecular weight excluding hydrogens is 178 g/mol. The highest BCUT2D eigenvalue weighted by Gasteiger charge is 2.04. The maximum absolute atomic E-state index is 11.6. The SMILES string of the molecule is CCn1c(=O)c(N)cc2ncccc21. The number of pyridine rings is 2. The number of hydrogen-bond donors (Lipinski definition) is 1. The summed E-state index contributed by atoms with van der Waals surface area (Å²) in [7, 11) is 0. The summed E-state index contributed by atoms with van der Waals surface area (Å²) in [5.41, 5.74) is 7.28. The number of anilines is 1. The van der Waals surface area contributed by atoms with Crippen molar-refractivity contribution in [2.75, 3.05) is 5.73 Å². The van der Waals surface area contributed by atoms with Gasteiger partial charge in [0.1, 0.15) is 5.69 Å². The summed E-state index contributed by atoms with van der Waals surface area (Å²) in [6, 6.07) is 5.29. The minimum absolute atomic E-state index is 0.145. The monoisotopic (exact) mass is 189 g/mol. The quantitative estimate of drug-likeness (QED) is 0.728. The van der Waals surface area contributed by atoms with Gasteiger partial charge in [-0.2, -0.15) is 0 Å². The minimum Gasteiger partial charge on any atom is -0.394 e. The molecule has 0 amide bonds. The Hall–Kier alpha value is -1.84. The number of hydrogen-bond acceptors (Lipinski definition) is 3. The van der Waals surface area contributed by atoms with E-state index in [-0.39, 0.29) is 11.2 Å². The Bertz CT molecular complexity index is 530. The highest BCUT2D eigenvalue weighted by atomic mass is 16.1. The van der Waals surface area contributed by atoms with Crippen LogP contribution in [-0.4, -0.2) is 9.55 Å². The van der Waals surface area contributed by atoms with Gasteiger partial charge in [0.2, 0.25) is 0 Å². The van der Waals surface area contributed by atoms with Crippen LogP contribution in [0.5, 0.6) is 0 Å². The molecule has 0 unspecified atom stereocenters. The zero-order valence-electron chi connectivity index (χ0n) is 7.90. The van der Waals surface area contributed by atoms with Crippen molar-refractivity contribution >= 4 is 16.7 Å². The van der Waals surface area contributed by atoms with Crippen molar-refractivity contribution in [1.29, 1.82) is 0 Å². The molecule has 2 rings (SSSR count). The third-order valence-electron chi connectivity index (χ3n) is 2.21. The van der Waals surface area contributed by atoms with Crippen LogP contribution in [0.4, 0.5) is 5.69 Å². The number of nitrogens with two attached hydrogens (primary N) is 1. The minimum atomic E-state index is -0.145. The molecule has 2 aromatic heterocycles. The van der Waals surface area contributed by atoms with Gasteiger partial charge in [-0.3, -0.25) is 9.78 Å². The van der Waals surface area contributed by atoms with Gasteiger partial charge in [-0.05, 0) is 25.1 Å². The summed E-state index contributed by atoms with van der Waals surface area (Å²) < 4.78 is 1.62. The van der Waals surface area contributed by atoms with E-state index in [0.29, 0.717) is 6.54 Å². The smallest absolute Gasteiger partial charge is 0.274 e. The molecule has 4 heteroatoms. The Balaban J connectivity index is 2.96. The molecule has 4 nitrogen and oxygen atoms in total. The van der Waals surface area contributed by atoms with E-state index in [1.54, 1.807) is 16.8 Å². The molecule has 2 aromatic rings. The van der Waals surface area contributed by atoms with E-state index in [0.717, 1.165) is 11.0 Å². The molecular formula is C10H11N3O. The summed E-state index contributed by atoms with van der Waals surface area (Å²) in [6.45, 7) is 2.51. The van der Waals surface area contributed by atoms with E-state index in [2.05, 4.69) is 4.98 Å². The summed E-state index contributed by atoms with van der Waals surface area (Å²) in [6.07, 6.45) is 1.69. The zero-order valence-corrected chi connectivity index (χ0v) is 7.90. The molecule has 0 atom stereocenters. The Kier molecular flexibility index (Phi) is 1.96. The lowest BCUT2D eigenvalue weighted by atomic mass is 10.3. The van der Waals surface area contributed by atoms with Crippen molar-refractivity contribution in [3.63, 3.8) is 0 Å². The Morgan fingerprint density at radius 3 is 3.07 bits per heavy atom. The average Bonchev–Trinajstić information content (AvgIpc) is 2.20. The second-order valence-electron chi connectivity index (χ2n) is 3.06. The third-order valence-corrected chi connectivity index (χ3v) is 2.21. The van der Waals surface area contributed by atoms with Crippen LogP contribution in [-0.2, 0) is 6.54 Å². The molecule has 0 spiro atoms. The fraction of sp³-hybridized carbons (Fsp3) is 0.200. The van der Waals surface area contributed by atoms with Crippen LogP contribution in [0.3, 0.4) is 0 Å². The summed E-state index contributed by atoms with van der Waals surface area (Å²) in [5, 5.41) is 0. The Morgan fingerprint density at radius 2 is 2.36 bits per heavy atom. The first-order valence-electron chi connectivity index (χ1n) is 4.48. The van der Waals surface area contributed by atoms with Gasteiger partial charge in [-0.15, -0.1) is 0 Å². The van der Waals surface area contributed by atoms with E-state index >= 15 is 0 Å². The normalized spacial score (nSPS) is 10.6. The lowest BCUT2D eigenvalue weighted by Crippen LogP contribution is -2.22. The molecule has 0 radical (unpaired) electrons. The number of nitrogens with zero attached hydrogens (tertiary/aromatic N) is 2. The van der Waals surface area contributed by atoms with E-state index in [9.17, 15) is 4.79 Å². The maximum atomic E-state index is 11.6. The first kappa shape index (κ1) is 8.74. The molecule has 2 N–H and O–H groups in total. The van der Waals surface area contributed by atoms with Crippen LogP contribution >= 0.6 is 0 Å². The number of fused-ring (bicyclic) bond motifs is 1. The third kappa shape index (κ3) is 1.16. The zero-order chi connectivity index (χ0) is 10.1. The summed E-state index contributed by atoms with van der Waals surface area (Å²) in [4.78, 5) is 15.8. The van der Waals surface area contributed by atoms with E-state index < -0.39 is 0 Å². The molecule has 2 heterocycles. The van der Waals surface area contributed by atoms with Gasteiger partial charge in [0.25, 0.3) is 5.56 Å². The molecule has 0 saturated heterocycles. The molecule has 0 bridgehead atoms. The van der Waals surface area contributed by atoms with Crippen LogP contribution in [0.2, 0.25) is 0 Å². The Labute approximate surface area is 81.0 Å². The first-order valence-corrected chi connectivity index (χ1v) is 4.48. The summed E-state index contributed by atoms with van der Waals surface area (Å²) in [5.74, 6) is 0. The van der Waals surface area contributed by atoms with Crippen LogP contribution in [0.15, 0.2) is 29.2 Å². The van der Waals surface area contributed by atoms with Gasteiger partial charge in [0.15, 0.2) is 0 Å². The van der Waals surface area contributed by atoms with E-state index in [1.807, 2.05) is 19.1 Å². The standard InChI is InChI=1S/C10H11N3O/c1-2-13-9-4-3-5-12-8(9)6-7(11)10(13)14/h3-6H,2,11H2,1H3. The number of aryl methyl sites for hydroxylation is 1. The van der Waals surface area contributed by atoms with Crippen molar-refractivity contribution < 1.29 is 0 Å². The van der Waals surface area contributed by atoms with Crippen LogP contribution in [0.25, 0.3) is 11.0 Å². The highest BCUT2D eigenvalue weighted by molar-refractivity contribution is 5.77. The topological polar surface area (TPSA) is 60.9 Å². The van der Waals surface area contributed by atoms with Crippen molar-refractivity contribution in [3.8, 4) is 0 Å². The van der Waals surface area contributed by atoms with Crippen molar-refractivity contribution in [2.45, 2.75) is 13.5 Å². The van der Waals surface area contributed by atoms with Gasteiger partial charge in [0, 0.05) is 12.7 Å². The van der Waals surface area contributed by atoms with Gasteiger partial charge in [-0.1, -0.05) is 0 Å². The molecule has 0 aromatic carbocycles. The van der Waals surface area contributed by atoms with Crippen LogP contribution in [0.1, 0.15) is 6.92 Å². The lowest BCUT2D eigenvalue weighted by molar-refractivity contribution is 0.761. The lowest BCUT2D eigenvalue weighted by Gasteiger charge is -2.07.